The second-order valence-corrected chi connectivity index (χ2v) is 6.23. The normalized spacial score (nSPS) is 10.6. The number of hydrogen-bond acceptors (Lipinski definition) is 1. The molecule has 0 atom stereocenters. The minimum absolute atomic E-state index is 0. The highest BCUT2D eigenvalue weighted by molar-refractivity contribution is 14.0. The van der Waals surface area contributed by atoms with E-state index in [1.54, 1.807) is 0 Å². The predicted molar refractivity (Wildman–Crippen MR) is 99.6 cm³/mol. The fourth-order valence-electron chi connectivity index (χ4n) is 1.94. The number of benzene rings is 1. The lowest BCUT2D eigenvalue weighted by atomic mass is 9.85. The highest BCUT2D eigenvalue weighted by atomic mass is 127. The molecule has 0 aliphatic heterocycles. The maximum atomic E-state index is 5.93. The van der Waals surface area contributed by atoms with Crippen LogP contribution in [0.25, 0.3) is 0 Å². The molecule has 0 fully saturated rings. The fourth-order valence-corrected chi connectivity index (χ4v) is 2.07. The zero-order chi connectivity index (χ0) is 14.6. The molecular weight excluding hydrogens is 385 g/mol. The van der Waals surface area contributed by atoms with E-state index >= 15 is 0 Å². The van der Waals surface area contributed by atoms with Gasteiger partial charge in [-0.15, -0.1) is 24.0 Å². The number of hydrogen-bond donors (Lipinski definition) is 0. The van der Waals surface area contributed by atoms with Crippen LogP contribution in [0, 0.1) is 0 Å². The second-order valence-electron chi connectivity index (χ2n) is 5.80. The van der Waals surface area contributed by atoms with Crippen molar-refractivity contribution in [1.82, 2.24) is 9.80 Å². The first-order valence-corrected chi connectivity index (χ1v) is 6.77. The largest absolute Gasteiger partial charge is 0.349 e. The number of rotatable bonds is 3. The molecule has 1 aromatic carbocycles. The van der Waals surface area contributed by atoms with Crippen LogP contribution in [0.4, 0.5) is 0 Å². The van der Waals surface area contributed by atoms with Gasteiger partial charge in [0, 0.05) is 38.6 Å². The molecule has 0 aromatic heterocycles. The Morgan fingerprint density at radius 2 is 1.50 bits per heavy atom. The highest BCUT2D eigenvalue weighted by Crippen LogP contribution is 2.25. The van der Waals surface area contributed by atoms with Crippen LogP contribution in [-0.2, 0) is 5.41 Å². The Labute approximate surface area is 145 Å². The van der Waals surface area contributed by atoms with Crippen molar-refractivity contribution in [3.63, 3.8) is 0 Å². The van der Waals surface area contributed by atoms with Gasteiger partial charge >= 0.3 is 0 Å². The summed E-state index contributed by atoms with van der Waals surface area (Å²) >= 11 is 5.93. The van der Waals surface area contributed by atoms with Crippen LogP contribution < -0.4 is 0 Å². The summed E-state index contributed by atoms with van der Waals surface area (Å²) in [6.07, 6.45) is 0. The molecule has 0 N–H and O–H groups in total. The Bertz CT molecular complexity index is 429. The smallest absolute Gasteiger partial charge is 0.195 e. The highest BCUT2D eigenvalue weighted by Gasteiger charge is 2.20. The Morgan fingerprint density at radius 1 is 1.05 bits per heavy atom. The standard InChI is InChI=1S/C15H24ClN3.HI/c1-15(2,12-7-9-13(16)10-8-12)11-17-14(18(3)4)19(5)6;/h7-10H,11H2,1-6H3;1H. The van der Waals surface area contributed by atoms with Gasteiger partial charge in [0.2, 0.25) is 0 Å². The zero-order valence-electron chi connectivity index (χ0n) is 13.1. The average Bonchev–Trinajstić information content (AvgIpc) is 2.28. The molecule has 0 amide bonds. The van der Waals surface area contributed by atoms with Crippen molar-refractivity contribution in [2.75, 3.05) is 34.7 Å². The number of aliphatic imine (C=N–C) groups is 1. The van der Waals surface area contributed by atoms with Gasteiger partial charge in [-0.1, -0.05) is 37.6 Å². The third-order valence-corrected chi connectivity index (χ3v) is 3.29. The van der Waals surface area contributed by atoms with E-state index in [0.717, 1.165) is 17.5 Å². The van der Waals surface area contributed by atoms with E-state index in [2.05, 4.69) is 26.0 Å². The quantitative estimate of drug-likeness (QED) is 0.430. The lowest BCUT2D eigenvalue weighted by molar-refractivity contribution is 0.464. The van der Waals surface area contributed by atoms with E-state index in [0.29, 0.717) is 0 Å². The van der Waals surface area contributed by atoms with Gasteiger partial charge < -0.3 is 9.80 Å². The Kier molecular flexibility index (Phi) is 7.88. The summed E-state index contributed by atoms with van der Waals surface area (Å²) in [7, 11) is 8.03. The average molecular weight is 410 g/mol. The van der Waals surface area contributed by atoms with Crippen molar-refractivity contribution < 1.29 is 0 Å². The molecule has 0 aliphatic carbocycles. The molecule has 5 heteroatoms. The van der Waals surface area contributed by atoms with Gasteiger partial charge in [0.05, 0.1) is 6.54 Å². The molecule has 0 saturated heterocycles. The van der Waals surface area contributed by atoms with E-state index in [-0.39, 0.29) is 29.4 Å². The maximum Gasteiger partial charge on any atom is 0.195 e. The molecule has 0 radical (unpaired) electrons. The number of halogens is 2. The third-order valence-electron chi connectivity index (χ3n) is 3.04. The molecule has 0 saturated carbocycles. The fraction of sp³-hybridized carbons (Fsp3) is 0.533. The molecule has 3 nitrogen and oxygen atoms in total. The lowest BCUT2D eigenvalue weighted by Gasteiger charge is -2.27. The van der Waals surface area contributed by atoms with E-state index in [1.165, 1.54) is 5.56 Å². The van der Waals surface area contributed by atoms with E-state index in [4.69, 9.17) is 16.6 Å². The summed E-state index contributed by atoms with van der Waals surface area (Å²) in [4.78, 5) is 8.78. The summed E-state index contributed by atoms with van der Waals surface area (Å²) in [5.41, 5.74) is 1.24. The summed E-state index contributed by atoms with van der Waals surface area (Å²) in [5, 5.41) is 0.769. The summed E-state index contributed by atoms with van der Waals surface area (Å²) < 4.78 is 0. The SMILES string of the molecule is CN(C)C(=NCC(C)(C)c1ccc(Cl)cc1)N(C)C.I. The van der Waals surface area contributed by atoms with Crippen LogP contribution in [0.5, 0.6) is 0 Å². The van der Waals surface area contributed by atoms with Gasteiger partial charge in [-0.3, -0.25) is 4.99 Å². The molecular formula is C15H25ClIN3. The van der Waals surface area contributed by atoms with Crippen molar-refractivity contribution in [2.45, 2.75) is 19.3 Å². The predicted octanol–water partition coefficient (Wildman–Crippen LogP) is 3.71. The molecule has 114 valence electrons. The van der Waals surface area contributed by atoms with Crippen LogP contribution in [0.1, 0.15) is 19.4 Å². The van der Waals surface area contributed by atoms with Gasteiger partial charge in [0.25, 0.3) is 0 Å². The molecule has 0 bridgehead atoms. The van der Waals surface area contributed by atoms with Crippen LogP contribution in [0.15, 0.2) is 29.3 Å². The molecule has 0 heterocycles. The summed E-state index contributed by atoms with van der Waals surface area (Å²) in [5.74, 6) is 0.974. The zero-order valence-corrected chi connectivity index (χ0v) is 16.2. The van der Waals surface area contributed by atoms with Crippen LogP contribution >= 0.6 is 35.6 Å². The lowest BCUT2D eigenvalue weighted by Crippen LogP contribution is -2.36. The van der Waals surface area contributed by atoms with Crippen molar-refractivity contribution >= 4 is 41.5 Å². The molecule has 20 heavy (non-hydrogen) atoms. The van der Waals surface area contributed by atoms with Gasteiger partial charge in [-0.2, -0.15) is 0 Å². The summed E-state index contributed by atoms with van der Waals surface area (Å²) in [6.45, 7) is 5.13. The Balaban J connectivity index is 0.00000361. The second kappa shape index (κ2) is 8.08. The summed E-state index contributed by atoms with van der Waals surface area (Å²) in [6, 6.07) is 8.01. The van der Waals surface area contributed by atoms with E-state index < -0.39 is 0 Å². The molecule has 1 rings (SSSR count). The Morgan fingerprint density at radius 3 is 1.90 bits per heavy atom. The molecule has 1 aromatic rings. The van der Waals surface area contributed by atoms with Gasteiger partial charge in [-0.25, -0.2) is 0 Å². The van der Waals surface area contributed by atoms with Gasteiger partial charge in [0.15, 0.2) is 5.96 Å². The molecule has 0 spiro atoms. The maximum absolute atomic E-state index is 5.93. The van der Waals surface area contributed by atoms with Crippen molar-refractivity contribution in [2.24, 2.45) is 4.99 Å². The number of nitrogens with zero attached hydrogens (tertiary/aromatic N) is 3. The van der Waals surface area contributed by atoms with E-state index in [9.17, 15) is 0 Å². The molecule has 0 aliphatic rings. The first-order valence-electron chi connectivity index (χ1n) is 6.39. The topological polar surface area (TPSA) is 18.8 Å². The van der Waals surface area contributed by atoms with Crippen molar-refractivity contribution in [3.05, 3.63) is 34.9 Å². The monoisotopic (exact) mass is 409 g/mol. The van der Waals surface area contributed by atoms with Crippen molar-refractivity contribution in [1.29, 1.82) is 0 Å². The van der Waals surface area contributed by atoms with Crippen LogP contribution in [-0.4, -0.2) is 50.5 Å². The molecule has 0 unspecified atom stereocenters. The Hall–Kier alpha value is -0.490. The van der Waals surface area contributed by atoms with E-state index in [1.807, 2.05) is 50.1 Å². The van der Waals surface area contributed by atoms with Crippen molar-refractivity contribution in [3.8, 4) is 0 Å². The van der Waals surface area contributed by atoms with Gasteiger partial charge in [-0.05, 0) is 17.7 Å². The first-order chi connectivity index (χ1) is 8.74. The van der Waals surface area contributed by atoms with Crippen LogP contribution in [0.2, 0.25) is 5.02 Å². The minimum Gasteiger partial charge on any atom is -0.349 e. The minimum atomic E-state index is -0.0120. The van der Waals surface area contributed by atoms with Gasteiger partial charge in [0.1, 0.15) is 0 Å². The number of guanidine groups is 1. The first kappa shape index (κ1) is 19.5. The van der Waals surface area contributed by atoms with Crippen LogP contribution in [0.3, 0.4) is 0 Å². The third kappa shape index (κ3) is 5.48.